The minimum atomic E-state index is -1.40. The summed E-state index contributed by atoms with van der Waals surface area (Å²) in [6.45, 7) is 0. The SMILES string of the molecule is O=C(O)C(=O)Cc1ccc(Cl)s1. The molecule has 0 fully saturated rings. The molecule has 0 atom stereocenters. The van der Waals surface area contributed by atoms with Crippen LogP contribution in [0.5, 0.6) is 0 Å². The van der Waals surface area contributed by atoms with Crippen LogP contribution in [0.25, 0.3) is 0 Å². The molecule has 0 radical (unpaired) electrons. The highest BCUT2D eigenvalue weighted by Gasteiger charge is 2.12. The molecule has 0 aromatic carbocycles. The van der Waals surface area contributed by atoms with Crippen LogP contribution >= 0.6 is 22.9 Å². The Morgan fingerprint density at radius 3 is 2.58 bits per heavy atom. The number of thiophene rings is 1. The van der Waals surface area contributed by atoms with Gasteiger partial charge in [-0.3, -0.25) is 4.79 Å². The molecule has 0 amide bonds. The first-order valence-corrected chi connectivity index (χ1v) is 4.29. The van der Waals surface area contributed by atoms with Crippen LogP contribution in [0.15, 0.2) is 12.1 Å². The van der Waals surface area contributed by atoms with E-state index in [4.69, 9.17) is 16.7 Å². The number of carboxylic acids is 1. The number of aliphatic carboxylic acids is 1. The third kappa shape index (κ3) is 2.32. The molecule has 0 saturated heterocycles. The van der Waals surface area contributed by atoms with Crippen LogP contribution in [0, 0.1) is 0 Å². The predicted molar refractivity (Wildman–Crippen MR) is 45.7 cm³/mol. The molecule has 12 heavy (non-hydrogen) atoms. The van der Waals surface area contributed by atoms with Gasteiger partial charge in [0.15, 0.2) is 0 Å². The first-order chi connectivity index (χ1) is 5.59. The number of rotatable bonds is 3. The molecule has 1 rings (SSSR count). The first kappa shape index (κ1) is 9.22. The lowest BCUT2D eigenvalue weighted by molar-refractivity contribution is -0.148. The minimum absolute atomic E-state index is 0.0767. The van der Waals surface area contributed by atoms with Crippen molar-refractivity contribution in [3.05, 3.63) is 21.3 Å². The Morgan fingerprint density at radius 1 is 1.50 bits per heavy atom. The van der Waals surface area contributed by atoms with Crippen LogP contribution in [-0.4, -0.2) is 16.9 Å². The van der Waals surface area contributed by atoms with Crippen LogP contribution in [-0.2, 0) is 16.0 Å². The fraction of sp³-hybridized carbons (Fsp3) is 0.143. The Balaban J connectivity index is 2.64. The highest BCUT2D eigenvalue weighted by Crippen LogP contribution is 2.21. The predicted octanol–water partition coefficient (Wildman–Crippen LogP) is 1.60. The number of carboxylic acid groups (broad SMARTS) is 1. The van der Waals surface area contributed by atoms with Gasteiger partial charge in [0.2, 0.25) is 5.78 Å². The average Bonchev–Trinajstić information content (AvgIpc) is 2.35. The maximum absolute atomic E-state index is 10.7. The van der Waals surface area contributed by atoms with Gasteiger partial charge in [0, 0.05) is 4.88 Å². The molecule has 1 aromatic heterocycles. The van der Waals surface area contributed by atoms with Crippen molar-refractivity contribution in [3.8, 4) is 0 Å². The summed E-state index contributed by atoms with van der Waals surface area (Å²) >= 11 is 6.80. The molecule has 1 N–H and O–H groups in total. The van der Waals surface area contributed by atoms with Gasteiger partial charge < -0.3 is 5.11 Å². The van der Waals surface area contributed by atoms with E-state index in [0.29, 0.717) is 9.21 Å². The number of carbonyl (C=O) groups excluding carboxylic acids is 1. The van der Waals surface area contributed by atoms with Crippen molar-refractivity contribution in [3.63, 3.8) is 0 Å². The molecule has 0 spiro atoms. The first-order valence-electron chi connectivity index (χ1n) is 3.10. The summed E-state index contributed by atoms with van der Waals surface area (Å²) in [6.07, 6.45) is -0.0767. The fourth-order valence-electron chi connectivity index (χ4n) is 0.681. The maximum Gasteiger partial charge on any atom is 0.372 e. The van der Waals surface area contributed by atoms with Gasteiger partial charge in [0.1, 0.15) is 0 Å². The summed E-state index contributed by atoms with van der Waals surface area (Å²) in [5, 5.41) is 8.27. The van der Waals surface area contributed by atoms with E-state index in [9.17, 15) is 9.59 Å². The Hall–Kier alpha value is -0.870. The number of halogens is 1. The monoisotopic (exact) mass is 204 g/mol. The van der Waals surface area contributed by atoms with E-state index in [1.54, 1.807) is 12.1 Å². The van der Waals surface area contributed by atoms with Gasteiger partial charge in [-0.05, 0) is 12.1 Å². The summed E-state index contributed by atoms with van der Waals surface area (Å²) in [5.41, 5.74) is 0. The van der Waals surface area contributed by atoms with Gasteiger partial charge in [0.25, 0.3) is 0 Å². The van der Waals surface area contributed by atoms with E-state index in [2.05, 4.69) is 0 Å². The van der Waals surface area contributed by atoms with E-state index >= 15 is 0 Å². The molecule has 0 bridgehead atoms. The van der Waals surface area contributed by atoms with Crippen LogP contribution in [0.4, 0.5) is 0 Å². The molecule has 64 valence electrons. The molecule has 3 nitrogen and oxygen atoms in total. The Kier molecular flexibility index (Phi) is 2.83. The van der Waals surface area contributed by atoms with Crippen molar-refractivity contribution in [2.45, 2.75) is 6.42 Å². The van der Waals surface area contributed by atoms with E-state index in [1.807, 2.05) is 0 Å². The van der Waals surface area contributed by atoms with Gasteiger partial charge >= 0.3 is 5.97 Å². The maximum atomic E-state index is 10.7. The van der Waals surface area contributed by atoms with Crippen LogP contribution in [0.2, 0.25) is 4.34 Å². The number of ketones is 1. The zero-order valence-electron chi connectivity index (χ0n) is 5.91. The van der Waals surface area contributed by atoms with E-state index in [1.165, 1.54) is 11.3 Å². The van der Waals surface area contributed by atoms with E-state index < -0.39 is 11.8 Å². The lowest BCUT2D eigenvalue weighted by atomic mass is 10.2. The Morgan fingerprint density at radius 2 is 2.17 bits per heavy atom. The zero-order chi connectivity index (χ0) is 9.14. The molecular formula is C7H5ClO3S. The van der Waals surface area contributed by atoms with Gasteiger partial charge in [-0.1, -0.05) is 11.6 Å². The second-order valence-corrected chi connectivity index (χ2v) is 3.91. The number of Topliss-reactive ketones (excluding diaryl/α,β-unsaturated/α-hetero) is 1. The summed E-state index contributed by atoms with van der Waals surface area (Å²) in [4.78, 5) is 21.5. The normalized spacial score (nSPS) is 9.75. The smallest absolute Gasteiger partial charge is 0.372 e. The summed E-state index contributed by atoms with van der Waals surface area (Å²) in [5.74, 6) is -2.21. The largest absolute Gasteiger partial charge is 0.475 e. The van der Waals surface area contributed by atoms with Crippen molar-refractivity contribution in [2.75, 3.05) is 0 Å². The van der Waals surface area contributed by atoms with Crippen molar-refractivity contribution in [1.82, 2.24) is 0 Å². The fourth-order valence-corrected chi connectivity index (χ4v) is 1.77. The van der Waals surface area contributed by atoms with Crippen LogP contribution < -0.4 is 0 Å². The molecule has 1 aromatic rings. The standard InChI is InChI=1S/C7H5ClO3S/c8-6-2-1-4(12-6)3-5(9)7(10)11/h1-2H,3H2,(H,10,11). The molecule has 0 aliphatic heterocycles. The summed E-state index contributed by atoms with van der Waals surface area (Å²) in [6, 6.07) is 3.28. The van der Waals surface area contributed by atoms with Crippen LogP contribution in [0.1, 0.15) is 4.88 Å². The van der Waals surface area contributed by atoms with Gasteiger partial charge in [-0.2, -0.15) is 0 Å². The highest BCUT2D eigenvalue weighted by atomic mass is 35.5. The number of hydrogen-bond donors (Lipinski definition) is 1. The van der Waals surface area contributed by atoms with Crippen molar-refractivity contribution in [1.29, 1.82) is 0 Å². The van der Waals surface area contributed by atoms with Crippen molar-refractivity contribution >= 4 is 34.7 Å². The minimum Gasteiger partial charge on any atom is -0.475 e. The average molecular weight is 205 g/mol. The third-order valence-electron chi connectivity index (χ3n) is 1.20. The van der Waals surface area contributed by atoms with Gasteiger partial charge in [0.05, 0.1) is 10.8 Å². The molecule has 0 aliphatic rings. The summed E-state index contributed by atoms with van der Waals surface area (Å²) in [7, 11) is 0. The quantitative estimate of drug-likeness (QED) is 0.761. The summed E-state index contributed by atoms with van der Waals surface area (Å²) < 4.78 is 0.559. The van der Waals surface area contributed by atoms with E-state index in [0.717, 1.165) is 0 Å². The third-order valence-corrected chi connectivity index (χ3v) is 2.43. The molecular weight excluding hydrogens is 200 g/mol. The molecule has 1 heterocycles. The van der Waals surface area contributed by atoms with E-state index in [-0.39, 0.29) is 6.42 Å². The molecule has 5 heteroatoms. The zero-order valence-corrected chi connectivity index (χ0v) is 7.48. The van der Waals surface area contributed by atoms with Gasteiger partial charge in [-0.25, -0.2) is 4.79 Å². The molecule has 0 unspecified atom stereocenters. The molecule has 0 saturated carbocycles. The second kappa shape index (κ2) is 3.69. The second-order valence-electron chi connectivity index (χ2n) is 2.11. The lowest BCUT2D eigenvalue weighted by Gasteiger charge is -1.89. The molecule has 0 aliphatic carbocycles. The Labute approximate surface area is 77.6 Å². The van der Waals surface area contributed by atoms with Gasteiger partial charge in [-0.15, -0.1) is 11.3 Å². The Bertz CT molecular complexity index is 318. The van der Waals surface area contributed by atoms with Crippen molar-refractivity contribution < 1.29 is 14.7 Å². The van der Waals surface area contributed by atoms with Crippen LogP contribution in [0.3, 0.4) is 0 Å². The lowest BCUT2D eigenvalue weighted by Crippen LogP contribution is -2.14. The number of carbonyl (C=O) groups is 2. The highest BCUT2D eigenvalue weighted by molar-refractivity contribution is 7.16. The van der Waals surface area contributed by atoms with Crippen molar-refractivity contribution in [2.24, 2.45) is 0 Å². The topological polar surface area (TPSA) is 54.4 Å². The number of hydrogen-bond acceptors (Lipinski definition) is 3.